The molecule has 1 aliphatic heterocycles. The van der Waals surface area contributed by atoms with Gasteiger partial charge in [-0.1, -0.05) is 0 Å². The predicted octanol–water partition coefficient (Wildman–Crippen LogP) is 0.979. The minimum absolute atomic E-state index is 0.0152. The largest absolute Gasteiger partial charge is 0.492 e. The molecule has 2 heterocycles. The van der Waals surface area contributed by atoms with Gasteiger partial charge in [-0.3, -0.25) is 4.79 Å². The number of carbonyl (C=O) groups is 1. The molecular weight excluding hydrogens is 376 g/mol. The Kier molecular flexibility index (Phi) is 5.52. The Morgan fingerprint density at radius 1 is 1.39 bits per heavy atom. The lowest BCUT2D eigenvalue weighted by Gasteiger charge is -2.24. The molecule has 0 radical (unpaired) electrons. The lowest BCUT2D eigenvalue weighted by atomic mass is 10.1. The van der Waals surface area contributed by atoms with Gasteiger partial charge in [0.1, 0.15) is 17.9 Å². The number of methoxy groups -OCH3 is 2. The fraction of sp³-hybridized carbons (Fsp3) is 0.444. The van der Waals surface area contributed by atoms with Gasteiger partial charge in [0.15, 0.2) is 11.6 Å². The third-order valence-electron chi connectivity index (χ3n) is 4.93. The van der Waals surface area contributed by atoms with E-state index < -0.39 is 29.5 Å². The molecule has 0 saturated carbocycles. The lowest BCUT2D eigenvalue weighted by molar-refractivity contribution is 0.0694. The van der Waals surface area contributed by atoms with Crippen LogP contribution in [-0.2, 0) is 11.3 Å². The number of ether oxygens (including phenoxy) is 2. The highest BCUT2D eigenvalue weighted by Crippen LogP contribution is 2.39. The number of hydrogen-bond donors (Lipinski definition) is 2. The van der Waals surface area contributed by atoms with Crippen LogP contribution in [-0.4, -0.2) is 61.8 Å². The van der Waals surface area contributed by atoms with Gasteiger partial charge in [-0.25, -0.2) is 13.6 Å². The molecule has 28 heavy (non-hydrogen) atoms. The van der Waals surface area contributed by atoms with Crippen LogP contribution in [0.2, 0.25) is 0 Å². The second-order valence-electron chi connectivity index (χ2n) is 6.54. The van der Waals surface area contributed by atoms with Gasteiger partial charge >= 0.3 is 5.97 Å². The second kappa shape index (κ2) is 7.72. The molecular formula is C18H21F2N3O5. The van der Waals surface area contributed by atoms with E-state index in [-0.39, 0.29) is 47.6 Å². The molecule has 0 spiro atoms. The molecule has 1 aliphatic rings. The summed E-state index contributed by atoms with van der Waals surface area (Å²) in [6, 6.07) is 0.606. The van der Waals surface area contributed by atoms with Crippen molar-refractivity contribution in [2.45, 2.75) is 18.7 Å². The number of anilines is 1. The number of halogens is 2. The number of fused-ring (bicyclic) bond motifs is 1. The van der Waals surface area contributed by atoms with Gasteiger partial charge in [0, 0.05) is 26.4 Å². The molecule has 1 aromatic carbocycles. The van der Waals surface area contributed by atoms with Crippen molar-refractivity contribution in [2.75, 3.05) is 38.9 Å². The number of benzene rings is 1. The number of pyridine rings is 1. The summed E-state index contributed by atoms with van der Waals surface area (Å²) in [7, 11) is 2.81. The van der Waals surface area contributed by atoms with Crippen molar-refractivity contribution in [2.24, 2.45) is 5.73 Å². The van der Waals surface area contributed by atoms with Crippen LogP contribution in [0.4, 0.5) is 14.5 Å². The van der Waals surface area contributed by atoms with E-state index in [1.807, 2.05) is 0 Å². The van der Waals surface area contributed by atoms with Crippen LogP contribution >= 0.6 is 0 Å². The summed E-state index contributed by atoms with van der Waals surface area (Å²) in [5.74, 6) is -2.22. The summed E-state index contributed by atoms with van der Waals surface area (Å²) < 4.78 is 40.1. The van der Waals surface area contributed by atoms with Crippen LogP contribution in [0, 0.1) is 5.82 Å². The molecule has 3 rings (SSSR count). The van der Waals surface area contributed by atoms with Crippen molar-refractivity contribution in [3.8, 4) is 5.75 Å². The summed E-state index contributed by atoms with van der Waals surface area (Å²) in [5, 5.41) is 9.06. The van der Waals surface area contributed by atoms with Gasteiger partial charge in [0.2, 0.25) is 5.43 Å². The van der Waals surface area contributed by atoms with Crippen LogP contribution in [0.25, 0.3) is 10.9 Å². The number of aromatic carboxylic acids is 1. The summed E-state index contributed by atoms with van der Waals surface area (Å²) in [5.41, 5.74) is 4.78. The monoisotopic (exact) mass is 397 g/mol. The molecule has 2 atom stereocenters. The van der Waals surface area contributed by atoms with Crippen LogP contribution < -0.4 is 20.8 Å². The van der Waals surface area contributed by atoms with Gasteiger partial charge < -0.3 is 29.8 Å². The molecule has 1 fully saturated rings. The van der Waals surface area contributed by atoms with Crippen molar-refractivity contribution in [3.63, 3.8) is 0 Å². The van der Waals surface area contributed by atoms with Crippen LogP contribution in [0.5, 0.6) is 5.75 Å². The SMILES string of the molecule is COc1c(N2CC(N)C(OC)C2)c(F)cc2c(=O)c(C(=O)O)cn(CCF)c12. The van der Waals surface area contributed by atoms with E-state index in [4.69, 9.17) is 15.2 Å². The maximum absolute atomic E-state index is 15.0. The number of rotatable bonds is 6. The first-order valence-electron chi connectivity index (χ1n) is 8.60. The van der Waals surface area contributed by atoms with E-state index in [2.05, 4.69) is 0 Å². The molecule has 0 bridgehead atoms. The Morgan fingerprint density at radius 2 is 2.11 bits per heavy atom. The fourth-order valence-electron chi connectivity index (χ4n) is 3.63. The molecule has 10 heteroatoms. The van der Waals surface area contributed by atoms with Crippen molar-refractivity contribution in [3.05, 3.63) is 33.9 Å². The minimum Gasteiger partial charge on any atom is -0.492 e. The van der Waals surface area contributed by atoms with Crippen molar-refractivity contribution >= 4 is 22.6 Å². The number of hydrogen-bond acceptors (Lipinski definition) is 6. The average Bonchev–Trinajstić information content (AvgIpc) is 3.03. The Labute approximate surface area is 159 Å². The normalized spacial score (nSPS) is 19.4. The zero-order valence-electron chi connectivity index (χ0n) is 15.4. The maximum Gasteiger partial charge on any atom is 0.341 e. The smallest absolute Gasteiger partial charge is 0.341 e. The van der Waals surface area contributed by atoms with E-state index in [0.717, 1.165) is 12.3 Å². The quantitative estimate of drug-likeness (QED) is 0.748. The van der Waals surface area contributed by atoms with E-state index in [0.29, 0.717) is 6.54 Å². The predicted molar refractivity (Wildman–Crippen MR) is 98.6 cm³/mol. The van der Waals surface area contributed by atoms with E-state index >= 15 is 4.39 Å². The molecule has 1 aromatic heterocycles. The summed E-state index contributed by atoms with van der Waals surface area (Å²) in [4.78, 5) is 25.6. The fourth-order valence-corrected chi connectivity index (χ4v) is 3.63. The number of alkyl halides is 1. The Bertz CT molecular complexity index is 978. The molecule has 2 aromatic rings. The average molecular weight is 397 g/mol. The number of carboxylic acids is 1. The standard InChI is InChI=1S/C18H21F2N3O5/c1-27-13-8-23(7-12(13)21)15-11(20)5-9-14(17(15)28-2)22(4-3-19)6-10(16(9)24)18(25)26/h5-6,12-13H,3-4,7-8,21H2,1-2H3,(H,25,26). The lowest BCUT2D eigenvalue weighted by Crippen LogP contribution is -2.34. The summed E-state index contributed by atoms with van der Waals surface area (Å²) in [6.45, 7) is -0.444. The zero-order chi connectivity index (χ0) is 20.6. The van der Waals surface area contributed by atoms with Crippen LogP contribution in [0.1, 0.15) is 10.4 Å². The highest BCUT2D eigenvalue weighted by atomic mass is 19.1. The van der Waals surface area contributed by atoms with Gasteiger partial charge in [-0.2, -0.15) is 0 Å². The van der Waals surface area contributed by atoms with E-state index in [1.165, 1.54) is 18.8 Å². The number of nitrogens with two attached hydrogens (primary N) is 1. The first kappa shape index (κ1) is 20.0. The minimum atomic E-state index is -1.48. The molecule has 2 unspecified atom stereocenters. The van der Waals surface area contributed by atoms with Gasteiger partial charge in [0.05, 0.1) is 36.7 Å². The Balaban J connectivity index is 2.32. The van der Waals surface area contributed by atoms with Crippen molar-refractivity contribution in [1.29, 1.82) is 0 Å². The van der Waals surface area contributed by atoms with Crippen LogP contribution in [0.3, 0.4) is 0 Å². The number of aromatic nitrogens is 1. The molecule has 152 valence electrons. The summed E-state index contributed by atoms with van der Waals surface area (Å²) in [6.07, 6.45) is 0.729. The highest BCUT2D eigenvalue weighted by molar-refractivity contribution is 5.97. The molecule has 3 N–H and O–H groups in total. The third kappa shape index (κ3) is 3.18. The topological polar surface area (TPSA) is 107 Å². The van der Waals surface area contributed by atoms with Gasteiger partial charge in [-0.15, -0.1) is 0 Å². The highest BCUT2D eigenvalue weighted by Gasteiger charge is 2.34. The van der Waals surface area contributed by atoms with Crippen LogP contribution in [0.15, 0.2) is 17.1 Å². The first-order valence-corrected chi connectivity index (χ1v) is 8.60. The first-order chi connectivity index (χ1) is 13.3. The molecule has 0 aliphatic carbocycles. The van der Waals surface area contributed by atoms with Crippen molar-refractivity contribution in [1.82, 2.24) is 4.57 Å². The molecule has 8 nitrogen and oxygen atoms in total. The van der Waals surface area contributed by atoms with Crippen molar-refractivity contribution < 1.29 is 28.2 Å². The van der Waals surface area contributed by atoms with E-state index in [9.17, 15) is 19.1 Å². The Hall–Kier alpha value is -2.72. The molecule has 0 amide bonds. The van der Waals surface area contributed by atoms with Gasteiger partial charge in [-0.05, 0) is 6.07 Å². The van der Waals surface area contributed by atoms with Gasteiger partial charge in [0.25, 0.3) is 0 Å². The summed E-state index contributed by atoms with van der Waals surface area (Å²) >= 11 is 0. The maximum atomic E-state index is 15.0. The molecule has 1 saturated heterocycles. The third-order valence-corrected chi connectivity index (χ3v) is 4.93. The second-order valence-corrected chi connectivity index (χ2v) is 6.54. The van der Waals surface area contributed by atoms with E-state index in [1.54, 1.807) is 4.90 Å². The number of aryl methyl sites for hydroxylation is 1. The number of nitrogens with zero attached hydrogens (tertiary/aromatic N) is 2. The zero-order valence-corrected chi connectivity index (χ0v) is 15.4. The number of carboxylic acid groups (broad SMARTS) is 1. The Morgan fingerprint density at radius 3 is 2.64 bits per heavy atom.